The fourth-order valence-electron chi connectivity index (χ4n) is 1.31. The molecule has 0 saturated carbocycles. The highest BCUT2D eigenvalue weighted by molar-refractivity contribution is 6.24. The molecule has 0 aromatic heterocycles. The van der Waals surface area contributed by atoms with Gasteiger partial charge in [0.05, 0.1) is 0 Å². The van der Waals surface area contributed by atoms with Crippen LogP contribution in [-0.4, -0.2) is 34.8 Å². The van der Waals surface area contributed by atoms with E-state index in [1.165, 1.54) is 0 Å². The number of hydrazine groups is 1. The Kier molecular flexibility index (Phi) is 5.53. The first-order chi connectivity index (χ1) is 8.63. The summed E-state index contributed by atoms with van der Waals surface area (Å²) < 4.78 is 0. The van der Waals surface area contributed by atoms with Crippen LogP contribution >= 0.6 is 0 Å². The maximum absolute atomic E-state index is 10.9. The molecule has 0 radical (unpaired) electrons. The van der Waals surface area contributed by atoms with Gasteiger partial charge >= 0.3 is 6.09 Å². The van der Waals surface area contributed by atoms with Crippen LogP contribution < -0.4 is 5.43 Å². The number of carboxylic acid groups (broad SMARTS) is 1. The van der Waals surface area contributed by atoms with Crippen LogP contribution in [0, 0.1) is 0 Å². The van der Waals surface area contributed by atoms with Crippen LogP contribution in [0.15, 0.2) is 30.3 Å². The standard InChI is InChI=1S/C12H14N2O4/c15-9-11(16)6-7-14(12(17)18)13-8-10-4-2-1-3-5-10/h1-5,9,13H,6-8H2,(H,17,18). The van der Waals surface area contributed by atoms with Gasteiger partial charge in [0.2, 0.25) is 0 Å². The summed E-state index contributed by atoms with van der Waals surface area (Å²) in [6.45, 7) is 0.280. The molecule has 96 valence electrons. The smallest absolute Gasteiger partial charge is 0.421 e. The fourth-order valence-corrected chi connectivity index (χ4v) is 1.31. The highest BCUT2D eigenvalue weighted by atomic mass is 16.4. The van der Waals surface area contributed by atoms with Crippen molar-refractivity contribution in [3.05, 3.63) is 35.9 Å². The van der Waals surface area contributed by atoms with E-state index in [2.05, 4.69) is 5.43 Å². The lowest BCUT2D eigenvalue weighted by Gasteiger charge is -2.19. The molecule has 1 aromatic carbocycles. The SMILES string of the molecule is O=CC(=O)CCN(NCc1ccccc1)C(=O)O. The lowest BCUT2D eigenvalue weighted by Crippen LogP contribution is -2.42. The van der Waals surface area contributed by atoms with E-state index in [4.69, 9.17) is 5.11 Å². The molecule has 18 heavy (non-hydrogen) atoms. The number of hydrogen-bond donors (Lipinski definition) is 2. The van der Waals surface area contributed by atoms with Gasteiger partial charge in [-0.2, -0.15) is 0 Å². The van der Waals surface area contributed by atoms with E-state index >= 15 is 0 Å². The zero-order chi connectivity index (χ0) is 13.4. The van der Waals surface area contributed by atoms with Crippen molar-refractivity contribution < 1.29 is 19.5 Å². The summed E-state index contributed by atoms with van der Waals surface area (Å²) in [5.74, 6) is -0.622. The lowest BCUT2D eigenvalue weighted by atomic mass is 10.2. The van der Waals surface area contributed by atoms with Gasteiger partial charge in [0.1, 0.15) is 0 Å². The number of carbonyl (C=O) groups is 3. The van der Waals surface area contributed by atoms with E-state index in [9.17, 15) is 14.4 Å². The Hall–Kier alpha value is -2.21. The van der Waals surface area contributed by atoms with E-state index in [1.807, 2.05) is 30.3 Å². The van der Waals surface area contributed by atoms with Crippen LogP contribution in [-0.2, 0) is 16.1 Å². The Morgan fingerprint density at radius 3 is 2.50 bits per heavy atom. The molecule has 1 rings (SSSR count). The van der Waals surface area contributed by atoms with E-state index in [0.29, 0.717) is 6.54 Å². The van der Waals surface area contributed by atoms with Crippen molar-refractivity contribution in [2.75, 3.05) is 6.54 Å². The molecule has 6 heteroatoms. The van der Waals surface area contributed by atoms with Crippen molar-refractivity contribution in [3.8, 4) is 0 Å². The first-order valence-corrected chi connectivity index (χ1v) is 5.39. The summed E-state index contributed by atoms with van der Waals surface area (Å²) in [6.07, 6.45) is -1.13. The van der Waals surface area contributed by atoms with Crippen molar-refractivity contribution in [3.63, 3.8) is 0 Å². The number of rotatable bonds is 7. The highest BCUT2D eigenvalue weighted by Crippen LogP contribution is 1.99. The second-order valence-electron chi connectivity index (χ2n) is 3.59. The number of Topliss-reactive ketones (excluding diaryl/α,β-unsaturated/α-hetero) is 1. The molecule has 0 aliphatic rings. The molecule has 0 aliphatic carbocycles. The molecule has 0 saturated heterocycles. The normalized spacial score (nSPS) is 9.78. The van der Waals surface area contributed by atoms with Crippen LogP contribution in [0.4, 0.5) is 4.79 Å². The molecule has 0 bridgehead atoms. The van der Waals surface area contributed by atoms with Gasteiger partial charge in [-0.1, -0.05) is 30.3 Å². The first kappa shape index (κ1) is 13.9. The van der Waals surface area contributed by atoms with Gasteiger partial charge in [-0.05, 0) is 5.56 Å². The van der Waals surface area contributed by atoms with Gasteiger partial charge in [0, 0.05) is 19.5 Å². The van der Waals surface area contributed by atoms with Gasteiger partial charge < -0.3 is 5.11 Å². The van der Waals surface area contributed by atoms with Crippen molar-refractivity contribution in [2.24, 2.45) is 0 Å². The maximum Gasteiger partial charge on any atom is 0.421 e. The van der Waals surface area contributed by atoms with E-state index in [-0.39, 0.29) is 19.3 Å². The molecule has 1 amide bonds. The number of amides is 1. The predicted molar refractivity (Wildman–Crippen MR) is 63.7 cm³/mol. The van der Waals surface area contributed by atoms with Crippen molar-refractivity contribution in [1.29, 1.82) is 0 Å². The number of nitrogens with zero attached hydrogens (tertiary/aromatic N) is 1. The van der Waals surface area contributed by atoms with Gasteiger partial charge in [0.25, 0.3) is 0 Å². The van der Waals surface area contributed by atoms with Crippen LogP contribution in [0.1, 0.15) is 12.0 Å². The van der Waals surface area contributed by atoms with E-state index in [1.54, 1.807) is 0 Å². The average molecular weight is 250 g/mol. The zero-order valence-electron chi connectivity index (χ0n) is 9.70. The quantitative estimate of drug-likeness (QED) is 0.425. The average Bonchev–Trinajstić information content (AvgIpc) is 2.39. The summed E-state index contributed by atoms with van der Waals surface area (Å²) in [5.41, 5.74) is 3.60. The third-order valence-electron chi connectivity index (χ3n) is 2.26. The molecular weight excluding hydrogens is 236 g/mol. The lowest BCUT2D eigenvalue weighted by molar-refractivity contribution is -0.130. The number of nitrogens with one attached hydrogen (secondary N) is 1. The molecule has 0 aliphatic heterocycles. The molecule has 0 spiro atoms. The van der Waals surface area contributed by atoms with Crippen LogP contribution in [0.25, 0.3) is 0 Å². The second kappa shape index (κ2) is 7.18. The second-order valence-corrected chi connectivity index (χ2v) is 3.59. The minimum absolute atomic E-state index is 0.0558. The third-order valence-corrected chi connectivity index (χ3v) is 2.26. The van der Waals surface area contributed by atoms with Crippen molar-refractivity contribution in [2.45, 2.75) is 13.0 Å². The molecule has 0 heterocycles. The van der Waals surface area contributed by atoms with Crippen LogP contribution in [0.5, 0.6) is 0 Å². The number of aldehydes is 1. The number of ketones is 1. The number of benzene rings is 1. The minimum Gasteiger partial charge on any atom is -0.464 e. The largest absolute Gasteiger partial charge is 0.464 e. The monoisotopic (exact) mass is 250 g/mol. The van der Waals surface area contributed by atoms with E-state index in [0.717, 1.165) is 10.6 Å². The third kappa shape index (κ3) is 4.75. The summed E-state index contributed by atoms with van der Waals surface area (Å²) in [4.78, 5) is 31.8. The molecule has 6 nitrogen and oxygen atoms in total. The predicted octanol–water partition coefficient (Wildman–Crippen LogP) is 0.829. The Labute approximate surface area is 104 Å². The molecule has 0 unspecified atom stereocenters. The number of hydrogen-bond acceptors (Lipinski definition) is 4. The van der Waals surface area contributed by atoms with Crippen molar-refractivity contribution >= 4 is 18.2 Å². The Bertz CT molecular complexity index is 419. The minimum atomic E-state index is -1.19. The van der Waals surface area contributed by atoms with Gasteiger partial charge in [0.15, 0.2) is 12.1 Å². The van der Waals surface area contributed by atoms with Gasteiger partial charge in [-0.25, -0.2) is 15.2 Å². The zero-order valence-corrected chi connectivity index (χ0v) is 9.70. The molecular formula is C12H14N2O4. The van der Waals surface area contributed by atoms with E-state index < -0.39 is 11.9 Å². The fraction of sp³-hybridized carbons (Fsp3) is 0.250. The Balaban J connectivity index is 2.46. The molecule has 0 fully saturated rings. The Morgan fingerprint density at radius 1 is 1.28 bits per heavy atom. The Morgan fingerprint density at radius 2 is 1.94 bits per heavy atom. The highest BCUT2D eigenvalue weighted by Gasteiger charge is 2.12. The molecule has 1 aromatic rings. The summed E-state index contributed by atoms with van der Waals surface area (Å²) in [7, 11) is 0. The van der Waals surface area contributed by atoms with Crippen LogP contribution in [0.3, 0.4) is 0 Å². The topological polar surface area (TPSA) is 86.7 Å². The summed E-state index contributed by atoms with van der Waals surface area (Å²) in [5, 5.41) is 9.80. The summed E-state index contributed by atoms with van der Waals surface area (Å²) >= 11 is 0. The van der Waals surface area contributed by atoms with Gasteiger partial charge in [-0.3, -0.25) is 9.59 Å². The number of carbonyl (C=O) groups excluding carboxylic acids is 2. The van der Waals surface area contributed by atoms with Crippen molar-refractivity contribution in [1.82, 2.24) is 10.4 Å². The summed E-state index contributed by atoms with van der Waals surface area (Å²) in [6, 6.07) is 9.25. The first-order valence-electron chi connectivity index (χ1n) is 5.39. The molecule has 2 N–H and O–H groups in total. The maximum atomic E-state index is 10.9. The van der Waals surface area contributed by atoms with Crippen LogP contribution in [0.2, 0.25) is 0 Å². The molecule has 0 atom stereocenters. The van der Waals surface area contributed by atoms with Gasteiger partial charge in [-0.15, -0.1) is 0 Å².